The Morgan fingerprint density at radius 1 is 1.35 bits per heavy atom. The molecule has 0 amide bonds. The van der Waals surface area contributed by atoms with Crippen molar-refractivity contribution >= 4 is 16.7 Å². The summed E-state index contributed by atoms with van der Waals surface area (Å²) in [4.78, 5) is 4.48. The number of nitrogens with one attached hydrogen (secondary N) is 2. The van der Waals surface area contributed by atoms with Gasteiger partial charge in [0, 0.05) is 25.0 Å². The van der Waals surface area contributed by atoms with Crippen LogP contribution in [0.1, 0.15) is 12.5 Å². The Morgan fingerprint density at radius 2 is 2.15 bits per heavy atom. The second-order valence-electron chi connectivity index (χ2n) is 4.66. The van der Waals surface area contributed by atoms with E-state index in [9.17, 15) is 5.26 Å². The van der Waals surface area contributed by atoms with Crippen LogP contribution in [0.25, 0.3) is 10.9 Å². The van der Waals surface area contributed by atoms with Gasteiger partial charge in [-0.05, 0) is 19.1 Å². The molecule has 2 rings (SSSR count). The van der Waals surface area contributed by atoms with Gasteiger partial charge in [0.2, 0.25) is 0 Å². The second-order valence-corrected chi connectivity index (χ2v) is 4.66. The van der Waals surface area contributed by atoms with E-state index < -0.39 is 0 Å². The molecule has 0 spiro atoms. The number of aliphatic hydroxyl groups is 1. The largest absolute Gasteiger partial charge is 0.392 e. The summed E-state index contributed by atoms with van der Waals surface area (Å²) in [5, 5.41) is 25.5. The number of hydrogen-bond donors (Lipinski definition) is 3. The molecule has 1 aromatic heterocycles. The maximum Gasteiger partial charge on any atom is 0.128 e. The predicted octanol–water partition coefficient (Wildman–Crippen LogP) is 1.49. The summed E-state index contributed by atoms with van der Waals surface area (Å²) in [6, 6.07) is 11.6. The first kappa shape index (κ1) is 14.3. The summed E-state index contributed by atoms with van der Waals surface area (Å²) in [6.45, 7) is 3.71. The molecule has 20 heavy (non-hydrogen) atoms. The molecule has 1 aromatic carbocycles. The van der Waals surface area contributed by atoms with Crippen molar-refractivity contribution in [3.63, 3.8) is 0 Å². The standard InChI is InChI=1S/C15H18N4O/c1-11(20)10-17-6-7-18-15-8-12(9-16)13-4-2-3-5-14(13)19-15/h2-5,8,11,17,20H,6-7,10H2,1H3,(H,18,19). The van der Waals surface area contributed by atoms with Crippen LogP contribution in [-0.4, -0.2) is 35.8 Å². The number of aliphatic hydroxyl groups excluding tert-OH is 1. The number of fused-ring (bicyclic) bond motifs is 1. The van der Waals surface area contributed by atoms with Crippen molar-refractivity contribution in [3.8, 4) is 6.07 Å². The fourth-order valence-electron chi connectivity index (χ4n) is 1.95. The summed E-state index contributed by atoms with van der Waals surface area (Å²) in [6.07, 6.45) is -0.348. The van der Waals surface area contributed by atoms with E-state index in [-0.39, 0.29) is 6.10 Å². The van der Waals surface area contributed by atoms with Crippen LogP contribution in [-0.2, 0) is 0 Å². The van der Waals surface area contributed by atoms with Crippen LogP contribution < -0.4 is 10.6 Å². The molecule has 1 unspecified atom stereocenters. The first-order valence-corrected chi connectivity index (χ1v) is 6.63. The number of rotatable bonds is 6. The maximum absolute atomic E-state index is 9.19. The van der Waals surface area contributed by atoms with Gasteiger partial charge in [-0.15, -0.1) is 0 Å². The third-order valence-corrected chi connectivity index (χ3v) is 2.88. The van der Waals surface area contributed by atoms with Crippen LogP contribution in [0.4, 0.5) is 5.82 Å². The first-order chi connectivity index (χ1) is 9.70. The lowest BCUT2D eigenvalue weighted by molar-refractivity contribution is 0.192. The van der Waals surface area contributed by atoms with Gasteiger partial charge in [-0.25, -0.2) is 4.98 Å². The molecule has 1 atom stereocenters. The molecule has 0 saturated carbocycles. The van der Waals surface area contributed by atoms with Gasteiger partial charge in [0.1, 0.15) is 5.82 Å². The molecule has 3 N–H and O–H groups in total. The lowest BCUT2D eigenvalue weighted by atomic mass is 10.1. The number of pyridine rings is 1. The van der Waals surface area contributed by atoms with Crippen molar-refractivity contribution in [2.45, 2.75) is 13.0 Å². The number of benzene rings is 1. The van der Waals surface area contributed by atoms with Gasteiger partial charge in [0.15, 0.2) is 0 Å². The maximum atomic E-state index is 9.19. The molecule has 0 fully saturated rings. The minimum atomic E-state index is -0.348. The van der Waals surface area contributed by atoms with Gasteiger partial charge in [-0.3, -0.25) is 0 Å². The summed E-state index contributed by atoms with van der Waals surface area (Å²) < 4.78 is 0. The molecule has 2 aromatic rings. The van der Waals surface area contributed by atoms with Gasteiger partial charge < -0.3 is 15.7 Å². The Balaban J connectivity index is 2.02. The smallest absolute Gasteiger partial charge is 0.128 e. The highest BCUT2D eigenvalue weighted by Gasteiger charge is 2.04. The average molecular weight is 270 g/mol. The van der Waals surface area contributed by atoms with Crippen LogP contribution in [0.5, 0.6) is 0 Å². The fraction of sp³-hybridized carbons (Fsp3) is 0.333. The highest BCUT2D eigenvalue weighted by molar-refractivity contribution is 5.86. The molecule has 0 aliphatic rings. The van der Waals surface area contributed by atoms with Crippen molar-refractivity contribution in [1.29, 1.82) is 5.26 Å². The zero-order valence-electron chi connectivity index (χ0n) is 11.4. The Bertz CT molecular complexity index is 619. The molecule has 0 saturated heterocycles. The van der Waals surface area contributed by atoms with Crippen molar-refractivity contribution < 1.29 is 5.11 Å². The molecule has 1 heterocycles. The van der Waals surface area contributed by atoms with Crippen molar-refractivity contribution in [2.75, 3.05) is 25.0 Å². The number of nitrogens with zero attached hydrogens (tertiary/aromatic N) is 2. The van der Waals surface area contributed by atoms with Crippen molar-refractivity contribution in [1.82, 2.24) is 10.3 Å². The number of anilines is 1. The average Bonchev–Trinajstić information content (AvgIpc) is 2.45. The highest BCUT2D eigenvalue weighted by atomic mass is 16.3. The zero-order valence-corrected chi connectivity index (χ0v) is 11.4. The van der Waals surface area contributed by atoms with Crippen molar-refractivity contribution in [3.05, 3.63) is 35.9 Å². The highest BCUT2D eigenvalue weighted by Crippen LogP contribution is 2.19. The lowest BCUT2D eigenvalue weighted by Crippen LogP contribution is -2.29. The Hall–Kier alpha value is -2.16. The molecule has 0 aliphatic heterocycles. The van der Waals surface area contributed by atoms with E-state index in [1.165, 1.54) is 0 Å². The molecule has 5 heteroatoms. The molecule has 104 valence electrons. The summed E-state index contributed by atoms with van der Waals surface area (Å²) >= 11 is 0. The van der Waals surface area contributed by atoms with Gasteiger partial charge in [-0.1, -0.05) is 18.2 Å². The summed E-state index contributed by atoms with van der Waals surface area (Å²) in [5.74, 6) is 0.694. The van der Waals surface area contributed by atoms with Crippen LogP contribution in [0, 0.1) is 11.3 Å². The summed E-state index contributed by atoms with van der Waals surface area (Å²) in [5.41, 5.74) is 1.43. The second kappa shape index (κ2) is 6.85. The fourth-order valence-corrected chi connectivity index (χ4v) is 1.95. The molecule has 0 bridgehead atoms. The SMILES string of the molecule is CC(O)CNCCNc1cc(C#N)c2ccccc2n1. The summed E-state index contributed by atoms with van der Waals surface area (Å²) in [7, 11) is 0. The van der Waals surface area contributed by atoms with E-state index >= 15 is 0 Å². The third kappa shape index (κ3) is 3.67. The third-order valence-electron chi connectivity index (χ3n) is 2.88. The van der Waals surface area contributed by atoms with E-state index in [0.717, 1.165) is 17.4 Å². The number of aromatic nitrogens is 1. The molecular formula is C15H18N4O. The monoisotopic (exact) mass is 270 g/mol. The molecular weight excluding hydrogens is 252 g/mol. The van der Waals surface area contributed by atoms with E-state index in [2.05, 4.69) is 21.7 Å². The van der Waals surface area contributed by atoms with E-state index in [0.29, 0.717) is 24.5 Å². The van der Waals surface area contributed by atoms with Crippen LogP contribution in [0.2, 0.25) is 0 Å². The van der Waals surface area contributed by atoms with Crippen molar-refractivity contribution in [2.24, 2.45) is 0 Å². The Labute approximate surface area is 118 Å². The lowest BCUT2D eigenvalue weighted by Gasteiger charge is -2.09. The molecule has 0 aliphatic carbocycles. The van der Waals surface area contributed by atoms with Gasteiger partial charge >= 0.3 is 0 Å². The van der Waals surface area contributed by atoms with Crippen LogP contribution >= 0.6 is 0 Å². The minimum Gasteiger partial charge on any atom is -0.392 e. The first-order valence-electron chi connectivity index (χ1n) is 6.63. The topological polar surface area (TPSA) is 81.0 Å². The van der Waals surface area contributed by atoms with Gasteiger partial charge in [0.05, 0.1) is 23.3 Å². The number of para-hydroxylation sites is 1. The Morgan fingerprint density at radius 3 is 2.90 bits per heavy atom. The predicted molar refractivity (Wildman–Crippen MR) is 79.5 cm³/mol. The quantitative estimate of drug-likeness (QED) is 0.693. The number of nitriles is 1. The normalized spacial score (nSPS) is 12.1. The van der Waals surface area contributed by atoms with E-state index in [1.54, 1.807) is 13.0 Å². The minimum absolute atomic E-state index is 0.348. The zero-order chi connectivity index (χ0) is 14.4. The van der Waals surface area contributed by atoms with Gasteiger partial charge in [0.25, 0.3) is 0 Å². The van der Waals surface area contributed by atoms with Gasteiger partial charge in [-0.2, -0.15) is 5.26 Å². The number of hydrogen-bond acceptors (Lipinski definition) is 5. The van der Waals surface area contributed by atoms with E-state index in [4.69, 9.17) is 5.11 Å². The van der Waals surface area contributed by atoms with Crippen LogP contribution in [0.3, 0.4) is 0 Å². The molecule has 0 radical (unpaired) electrons. The Kier molecular flexibility index (Phi) is 4.88. The van der Waals surface area contributed by atoms with E-state index in [1.807, 2.05) is 24.3 Å². The molecule has 5 nitrogen and oxygen atoms in total. The van der Waals surface area contributed by atoms with Crippen LogP contribution in [0.15, 0.2) is 30.3 Å².